The zero-order chi connectivity index (χ0) is 22.7. The van der Waals surface area contributed by atoms with Crippen LogP contribution in [0.4, 0.5) is 0 Å². The lowest BCUT2D eigenvalue weighted by molar-refractivity contribution is -0.136. The standard InChI is InChI=1S/C26H37N3O2/c1-7-27(8-2)25(30)22-13-15-28(16-14-22)26(31)24-17-19(5)29(20(24)6)23-11-9-21(10-12-23)18(3)4/h9-12,17-18,22H,7-8,13-16H2,1-6H3. The van der Waals surface area contributed by atoms with E-state index in [1.165, 1.54) is 5.56 Å². The normalized spacial score (nSPS) is 14.9. The molecule has 2 heterocycles. The van der Waals surface area contributed by atoms with Crippen LogP contribution < -0.4 is 0 Å². The number of likely N-dealkylation sites (tertiary alicyclic amines) is 1. The van der Waals surface area contributed by atoms with Crippen LogP contribution in [-0.2, 0) is 4.79 Å². The second-order valence-corrected chi connectivity index (χ2v) is 8.94. The number of amides is 2. The SMILES string of the molecule is CCN(CC)C(=O)C1CCN(C(=O)c2cc(C)n(-c3ccc(C(C)C)cc3)c2C)CC1. The maximum atomic E-state index is 13.3. The topological polar surface area (TPSA) is 45.6 Å². The van der Waals surface area contributed by atoms with Crippen LogP contribution in [0.15, 0.2) is 30.3 Å². The number of carbonyl (C=O) groups is 2. The number of benzene rings is 1. The Morgan fingerprint density at radius 2 is 1.61 bits per heavy atom. The largest absolute Gasteiger partial charge is 0.343 e. The van der Waals surface area contributed by atoms with Gasteiger partial charge in [-0.1, -0.05) is 26.0 Å². The fourth-order valence-corrected chi connectivity index (χ4v) is 4.68. The van der Waals surface area contributed by atoms with Crippen LogP contribution in [0.1, 0.15) is 73.8 Å². The molecule has 0 bridgehead atoms. The summed E-state index contributed by atoms with van der Waals surface area (Å²) in [5.41, 5.74) is 5.19. The van der Waals surface area contributed by atoms with Gasteiger partial charge >= 0.3 is 0 Å². The summed E-state index contributed by atoms with van der Waals surface area (Å²) in [5, 5.41) is 0. The van der Waals surface area contributed by atoms with Gasteiger partial charge in [0.15, 0.2) is 0 Å². The van der Waals surface area contributed by atoms with E-state index < -0.39 is 0 Å². The Labute approximate surface area is 187 Å². The summed E-state index contributed by atoms with van der Waals surface area (Å²) < 4.78 is 2.16. The molecule has 0 unspecified atom stereocenters. The van der Waals surface area contributed by atoms with E-state index >= 15 is 0 Å². The van der Waals surface area contributed by atoms with Crippen molar-refractivity contribution in [3.8, 4) is 5.69 Å². The van der Waals surface area contributed by atoms with E-state index in [0.717, 1.165) is 48.6 Å². The van der Waals surface area contributed by atoms with E-state index in [9.17, 15) is 9.59 Å². The van der Waals surface area contributed by atoms with Crippen molar-refractivity contribution in [1.82, 2.24) is 14.4 Å². The van der Waals surface area contributed by atoms with Crippen molar-refractivity contribution in [1.29, 1.82) is 0 Å². The van der Waals surface area contributed by atoms with Crippen LogP contribution in [0, 0.1) is 19.8 Å². The fraction of sp³-hybridized carbons (Fsp3) is 0.538. The first-order valence-electron chi connectivity index (χ1n) is 11.7. The molecule has 5 heteroatoms. The highest BCUT2D eigenvalue weighted by molar-refractivity contribution is 5.96. The number of aromatic nitrogens is 1. The summed E-state index contributed by atoms with van der Waals surface area (Å²) in [6.07, 6.45) is 1.49. The molecule has 1 aliphatic heterocycles. The minimum atomic E-state index is 0.0378. The molecule has 1 aliphatic rings. The number of aryl methyl sites for hydroxylation is 1. The molecule has 0 radical (unpaired) electrons. The summed E-state index contributed by atoms with van der Waals surface area (Å²) in [7, 11) is 0. The quantitative estimate of drug-likeness (QED) is 0.661. The predicted octanol–water partition coefficient (Wildman–Crippen LogP) is 4.94. The average molecular weight is 424 g/mol. The van der Waals surface area contributed by atoms with E-state index in [-0.39, 0.29) is 17.7 Å². The van der Waals surface area contributed by atoms with Crippen molar-refractivity contribution < 1.29 is 9.59 Å². The third-order valence-corrected chi connectivity index (χ3v) is 6.69. The Bertz CT molecular complexity index is 915. The number of hydrogen-bond acceptors (Lipinski definition) is 2. The number of hydrogen-bond donors (Lipinski definition) is 0. The maximum Gasteiger partial charge on any atom is 0.255 e. The molecule has 3 rings (SSSR count). The highest BCUT2D eigenvalue weighted by Gasteiger charge is 2.31. The lowest BCUT2D eigenvalue weighted by atomic mass is 9.94. The van der Waals surface area contributed by atoms with Crippen molar-refractivity contribution in [3.05, 3.63) is 52.8 Å². The average Bonchev–Trinajstić information content (AvgIpc) is 3.08. The van der Waals surface area contributed by atoms with Crippen LogP contribution in [0.2, 0.25) is 0 Å². The van der Waals surface area contributed by atoms with E-state index in [0.29, 0.717) is 19.0 Å². The molecule has 0 spiro atoms. The molecule has 5 nitrogen and oxygen atoms in total. The third kappa shape index (κ3) is 4.70. The Kier molecular flexibility index (Phi) is 7.24. The lowest BCUT2D eigenvalue weighted by Gasteiger charge is -2.33. The predicted molar refractivity (Wildman–Crippen MR) is 126 cm³/mol. The number of piperidine rings is 1. The molecule has 1 aromatic heterocycles. The summed E-state index contributed by atoms with van der Waals surface area (Å²) in [6.45, 7) is 15.3. The van der Waals surface area contributed by atoms with Gasteiger partial charge in [0.2, 0.25) is 5.91 Å². The van der Waals surface area contributed by atoms with Gasteiger partial charge < -0.3 is 14.4 Å². The van der Waals surface area contributed by atoms with Crippen molar-refractivity contribution in [2.75, 3.05) is 26.2 Å². The van der Waals surface area contributed by atoms with Crippen LogP contribution in [-0.4, -0.2) is 52.4 Å². The Hall–Kier alpha value is -2.56. The first-order chi connectivity index (χ1) is 14.8. The van der Waals surface area contributed by atoms with Crippen molar-refractivity contribution >= 4 is 11.8 Å². The van der Waals surface area contributed by atoms with E-state index in [4.69, 9.17) is 0 Å². The second-order valence-electron chi connectivity index (χ2n) is 8.94. The molecule has 31 heavy (non-hydrogen) atoms. The molecular weight excluding hydrogens is 386 g/mol. The highest BCUT2D eigenvalue weighted by atomic mass is 16.2. The van der Waals surface area contributed by atoms with Crippen LogP contribution >= 0.6 is 0 Å². The van der Waals surface area contributed by atoms with Crippen molar-refractivity contribution in [2.45, 2.75) is 60.3 Å². The zero-order valence-corrected chi connectivity index (χ0v) is 19.9. The van der Waals surface area contributed by atoms with Gasteiger partial charge in [0.1, 0.15) is 0 Å². The van der Waals surface area contributed by atoms with Gasteiger partial charge in [-0.25, -0.2) is 0 Å². The van der Waals surface area contributed by atoms with Gasteiger partial charge in [-0.3, -0.25) is 9.59 Å². The molecule has 1 aromatic carbocycles. The summed E-state index contributed by atoms with van der Waals surface area (Å²) >= 11 is 0. The third-order valence-electron chi connectivity index (χ3n) is 6.69. The number of rotatable bonds is 6. The van der Waals surface area contributed by atoms with Gasteiger partial charge in [-0.15, -0.1) is 0 Å². The van der Waals surface area contributed by atoms with Crippen LogP contribution in [0.3, 0.4) is 0 Å². The van der Waals surface area contributed by atoms with Crippen molar-refractivity contribution in [3.63, 3.8) is 0 Å². The monoisotopic (exact) mass is 423 g/mol. The lowest BCUT2D eigenvalue weighted by Crippen LogP contribution is -2.44. The summed E-state index contributed by atoms with van der Waals surface area (Å²) in [6, 6.07) is 10.6. The van der Waals surface area contributed by atoms with Crippen LogP contribution in [0.5, 0.6) is 0 Å². The van der Waals surface area contributed by atoms with E-state index in [1.807, 2.05) is 36.6 Å². The molecule has 168 valence electrons. The molecule has 2 aromatic rings. The maximum absolute atomic E-state index is 13.3. The fourth-order valence-electron chi connectivity index (χ4n) is 4.68. The molecule has 1 fully saturated rings. The second kappa shape index (κ2) is 9.71. The van der Waals surface area contributed by atoms with Gasteiger partial charge in [-0.05, 0) is 70.2 Å². The molecule has 0 aliphatic carbocycles. The minimum Gasteiger partial charge on any atom is -0.343 e. The molecular formula is C26H37N3O2. The Morgan fingerprint density at radius 3 is 2.13 bits per heavy atom. The molecule has 2 amide bonds. The number of nitrogens with zero attached hydrogens (tertiary/aromatic N) is 3. The van der Waals surface area contributed by atoms with E-state index in [1.54, 1.807) is 0 Å². The van der Waals surface area contributed by atoms with Gasteiger partial charge in [0.25, 0.3) is 5.91 Å². The first-order valence-corrected chi connectivity index (χ1v) is 11.7. The highest BCUT2D eigenvalue weighted by Crippen LogP contribution is 2.26. The van der Waals surface area contributed by atoms with Gasteiger partial charge in [0, 0.05) is 49.2 Å². The minimum absolute atomic E-state index is 0.0378. The van der Waals surface area contributed by atoms with E-state index in [2.05, 4.69) is 49.6 Å². The molecule has 0 saturated carbocycles. The first kappa shape index (κ1) is 23.1. The molecule has 1 saturated heterocycles. The van der Waals surface area contributed by atoms with Gasteiger partial charge in [0.05, 0.1) is 5.56 Å². The Balaban J connectivity index is 1.74. The summed E-state index contributed by atoms with van der Waals surface area (Å²) in [5.74, 6) is 0.845. The zero-order valence-electron chi connectivity index (χ0n) is 19.9. The summed E-state index contributed by atoms with van der Waals surface area (Å²) in [4.78, 5) is 29.8. The smallest absolute Gasteiger partial charge is 0.255 e. The molecule has 0 N–H and O–H groups in total. The number of carbonyl (C=O) groups excluding carboxylic acids is 2. The molecule has 0 atom stereocenters. The Morgan fingerprint density at radius 1 is 1.03 bits per heavy atom. The van der Waals surface area contributed by atoms with Crippen LogP contribution in [0.25, 0.3) is 5.69 Å². The van der Waals surface area contributed by atoms with Gasteiger partial charge in [-0.2, -0.15) is 0 Å². The van der Waals surface area contributed by atoms with Crippen molar-refractivity contribution in [2.24, 2.45) is 5.92 Å².